The zero-order valence-electron chi connectivity index (χ0n) is 14.3. The van der Waals surface area contributed by atoms with Crippen LogP contribution in [0.15, 0.2) is 0 Å². The van der Waals surface area contributed by atoms with Gasteiger partial charge in [-0.05, 0) is 59.0 Å². The number of rotatable bonds is 4. The third-order valence-corrected chi connectivity index (χ3v) is 5.79. The predicted octanol–water partition coefficient (Wildman–Crippen LogP) is 2.10. The predicted molar refractivity (Wildman–Crippen MR) is 87.3 cm³/mol. The topological polar surface area (TPSA) is 35.6 Å². The molecule has 2 heterocycles. The van der Waals surface area contributed by atoms with Crippen molar-refractivity contribution in [2.24, 2.45) is 5.41 Å². The first-order chi connectivity index (χ1) is 10.00. The number of hydrogen-bond donors (Lipinski definition) is 1. The van der Waals surface area contributed by atoms with E-state index >= 15 is 0 Å². The van der Waals surface area contributed by atoms with Crippen molar-refractivity contribution in [1.29, 1.82) is 0 Å². The molecule has 0 unspecified atom stereocenters. The summed E-state index contributed by atoms with van der Waals surface area (Å²) in [6.07, 6.45) is 5.22. The minimum Gasteiger partial charge on any atom is -0.342 e. The molecule has 1 N–H and O–H groups in total. The number of amides is 1. The molecule has 0 aromatic rings. The fourth-order valence-corrected chi connectivity index (χ4v) is 3.95. The van der Waals surface area contributed by atoms with Gasteiger partial charge in [-0.15, -0.1) is 0 Å². The summed E-state index contributed by atoms with van der Waals surface area (Å²) in [4.78, 5) is 17.7. The summed E-state index contributed by atoms with van der Waals surface area (Å²) in [7, 11) is 2.04. The van der Waals surface area contributed by atoms with Crippen molar-refractivity contribution in [2.75, 3.05) is 33.2 Å². The van der Waals surface area contributed by atoms with Crippen LogP contribution in [0.5, 0.6) is 0 Å². The molecule has 2 rings (SSSR count). The van der Waals surface area contributed by atoms with E-state index in [9.17, 15) is 4.79 Å². The number of piperidine rings is 2. The van der Waals surface area contributed by atoms with Gasteiger partial charge in [0.05, 0.1) is 5.41 Å². The van der Waals surface area contributed by atoms with Crippen molar-refractivity contribution >= 4 is 5.91 Å². The molecule has 0 bridgehead atoms. The normalized spacial score (nSPS) is 24.2. The summed E-state index contributed by atoms with van der Waals surface area (Å²) in [6, 6.07) is 1.06. The van der Waals surface area contributed by atoms with Gasteiger partial charge in [0.2, 0.25) is 5.91 Å². The van der Waals surface area contributed by atoms with Crippen LogP contribution < -0.4 is 5.32 Å². The lowest BCUT2D eigenvalue weighted by molar-refractivity contribution is -0.146. The standard InChI is InChI=1S/C17H33N3O/c1-5-17(8-10-18-11-9-17)16(21)19(4)15-6-12-20(13-7-15)14(2)3/h14-15,18H,5-13H2,1-4H3. The fraction of sp³-hybridized carbons (Fsp3) is 0.941. The summed E-state index contributed by atoms with van der Waals surface area (Å²) in [5, 5.41) is 3.39. The average molecular weight is 295 g/mol. The molecule has 21 heavy (non-hydrogen) atoms. The Hall–Kier alpha value is -0.610. The first kappa shape index (κ1) is 16.8. The van der Waals surface area contributed by atoms with Gasteiger partial charge in [0, 0.05) is 32.2 Å². The first-order valence-corrected chi connectivity index (χ1v) is 8.72. The van der Waals surface area contributed by atoms with Gasteiger partial charge in [-0.25, -0.2) is 0 Å². The molecule has 0 aliphatic carbocycles. The quantitative estimate of drug-likeness (QED) is 0.863. The highest BCUT2D eigenvalue weighted by molar-refractivity contribution is 5.83. The maximum Gasteiger partial charge on any atom is 0.228 e. The van der Waals surface area contributed by atoms with E-state index < -0.39 is 0 Å². The minimum absolute atomic E-state index is 0.102. The van der Waals surface area contributed by atoms with E-state index in [0.29, 0.717) is 18.0 Å². The van der Waals surface area contributed by atoms with Crippen molar-refractivity contribution in [3.05, 3.63) is 0 Å². The van der Waals surface area contributed by atoms with Gasteiger partial charge in [-0.1, -0.05) is 6.92 Å². The molecule has 0 aromatic heterocycles. The summed E-state index contributed by atoms with van der Waals surface area (Å²) in [5.41, 5.74) is -0.102. The summed E-state index contributed by atoms with van der Waals surface area (Å²) < 4.78 is 0. The molecule has 2 saturated heterocycles. The number of nitrogens with one attached hydrogen (secondary N) is 1. The molecular weight excluding hydrogens is 262 g/mol. The second kappa shape index (κ2) is 7.10. The van der Waals surface area contributed by atoms with Crippen molar-refractivity contribution in [2.45, 2.75) is 65.0 Å². The SMILES string of the molecule is CCC1(C(=O)N(C)C2CCN(C(C)C)CC2)CCNCC1. The fourth-order valence-electron chi connectivity index (χ4n) is 3.95. The van der Waals surface area contributed by atoms with Gasteiger partial charge >= 0.3 is 0 Å². The molecule has 2 aliphatic heterocycles. The lowest BCUT2D eigenvalue weighted by atomic mass is 9.75. The number of likely N-dealkylation sites (tertiary alicyclic amines) is 1. The molecule has 1 amide bonds. The van der Waals surface area contributed by atoms with Crippen LogP contribution in [-0.4, -0.2) is 61.0 Å². The first-order valence-electron chi connectivity index (χ1n) is 8.72. The summed E-state index contributed by atoms with van der Waals surface area (Å²) >= 11 is 0. The molecule has 0 spiro atoms. The smallest absolute Gasteiger partial charge is 0.228 e. The van der Waals surface area contributed by atoms with E-state index in [-0.39, 0.29) is 5.41 Å². The highest BCUT2D eigenvalue weighted by atomic mass is 16.2. The van der Waals surface area contributed by atoms with Gasteiger partial charge in [0.15, 0.2) is 0 Å². The maximum absolute atomic E-state index is 13.1. The molecule has 0 saturated carbocycles. The molecule has 2 aliphatic rings. The van der Waals surface area contributed by atoms with Crippen LogP contribution in [0.2, 0.25) is 0 Å². The molecule has 4 heteroatoms. The number of nitrogens with zero attached hydrogens (tertiary/aromatic N) is 2. The van der Waals surface area contributed by atoms with Gasteiger partial charge in [-0.2, -0.15) is 0 Å². The maximum atomic E-state index is 13.1. The van der Waals surface area contributed by atoms with Crippen LogP contribution in [0.4, 0.5) is 0 Å². The van der Waals surface area contributed by atoms with Crippen molar-refractivity contribution in [3.63, 3.8) is 0 Å². The van der Waals surface area contributed by atoms with E-state index in [1.807, 2.05) is 7.05 Å². The van der Waals surface area contributed by atoms with Gasteiger partial charge in [-0.3, -0.25) is 4.79 Å². The monoisotopic (exact) mass is 295 g/mol. The Labute approximate surface area is 130 Å². The highest BCUT2D eigenvalue weighted by Gasteiger charge is 2.41. The average Bonchev–Trinajstić information content (AvgIpc) is 2.54. The molecule has 2 fully saturated rings. The Bertz CT molecular complexity index is 342. The summed E-state index contributed by atoms with van der Waals surface area (Å²) in [5.74, 6) is 0.398. The molecular formula is C17H33N3O. The molecule has 4 nitrogen and oxygen atoms in total. The van der Waals surface area contributed by atoms with Crippen LogP contribution in [-0.2, 0) is 4.79 Å². The Morgan fingerprint density at radius 2 is 1.86 bits per heavy atom. The number of carbonyl (C=O) groups excluding carboxylic acids is 1. The van der Waals surface area contributed by atoms with Crippen LogP contribution in [0.25, 0.3) is 0 Å². The van der Waals surface area contributed by atoms with E-state index in [2.05, 4.69) is 35.9 Å². The van der Waals surface area contributed by atoms with E-state index in [1.165, 1.54) is 0 Å². The zero-order chi connectivity index (χ0) is 15.5. The van der Waals surface area contributed by atoms with Crippen molar-refractivity contribution < 1.29 is 4.79 Å². The lowest BCUT2D eigenvalue weighted by Gasteiger charge is -2.43. The van der Waals surface area contributed by atoms with E-state index in [1.54, 1.807) is 0 Å². The van der Waals surface area contributed by atoms with Crippen LogP contribution in [0.3, 0.4) is 0 Å². The molecule has 0 atom stereocenters. The van der Waals surface area contributed by atoms with Gasteiger partial charge < -0.3 is 15.1 Å². The molecule has 0 aromatic carbocycles. The summed E-state index contributed by atoms with van der Waals surface area (Å²) in [6.45, 7) is 10.9. The Balaban J connectivity index is 1.96. The minimum atomic E-state index is -0.102. The van der Waals surface area contributed by atoms with Gasteiger partial charge in [0.25, 0.3) is 0 Å². The third kappa shape index (κ3) is 3.59. The Morgan fingerprint density at radius 3 is 2.33 bits per heavy atom. The highest BCUT2D eigenvalue weighted by Crippen LogP contribution is 2.35. The van der Waals surface area contributed by atoms with E-state index in [0.717, 1.165) is 58.3 Å². The van der Waals surface area contributed by atoms with Gasteiger partial charge in [0.1, 0.15) is 0 Å². The largest absolute Gasteiger partial charge is 0.342 e. The van der Waals surface area contributed by atoms with Crippen LogP contribution >= 0.6 is 0 Å². The van der Waals surface area contributed by atoms with Crippen molar-refractivity contribution in [3.8, 4) is 0 Å². The molecule has 122 valence electrons. The van der Waals surface area contributed by atoms with Crippen molar-refractivity contribution in [1.82, 2.24) is 15.1 Å². The van der Waals surface area contributed by atoms with Crippen LogP contribution in [0, 0.1) is 5.41 Å². The number of hydrogen-bond acceptors (Lipinski definition) is 3. The van der Waals surface area contributed by atoms with E-state index in [4.69, 9.17) is 0 Å². The zero-order valence-corrected chi connectivity index (χ0v) is 14.3. The Kier molecular flexibility index (Phi) is 5.67. The second-order valence-electron chi connectivity index (χ2n) is 7.16. The van der Waals surface area contributed by atoms with Crippen LogP contribution in [0.1, 0.15) is 52.9 Å². The number of carbonyl (C=O) groups is 1. The third-order valence-electron chi connectivity index (χ3n) is 5.79. The Morgan fingerprint density at radius 1 is 1.29 bits per heavy atom. The lowest BCUT2D eigenvalue weighted by Crippen LogP contribution is -2.53. The second-order valence-corrected chi connectivity index (χ2v) is 7.16. The molecule has 0 radical (unpaired) electrons.